The van der Waals surface area contributed by atoms with Gasteiger partial charge in [-0.2, -0.15) is 4.31 Å². The molecule has 2 aromatic rings. The molecular weight excluding hydrogens is 355 g/mol. The largest absolute Gasteiger partial charge is 0.333 e. The van der Waals surface area contributed by atoms with E-state index in [1.54, 1.807) is 6.33 Å². The van der Waals surface area contributed by atoms with Crippen molar-refractivity contribution in [2.75, 3.05) is 13.6 Å². The van der Waals surface area contributed by atoms with E-state index >= 15 is 0 Å². The first-order valence-corrected chi connectivity index (χ1v) is 10.2. The molecular formula is C18H25FN4O2S. The van der Waals surface area contributed by atoms with Gasteiger partial charge in [-0.15, -0.1) is 0 Å². The van der Waals surface area contributed by atoms with Crippen molar-refractivity contribution in [3.63, 3.8) is 0 Å². The summed E-state index contributed by atoms with van der Waals surface area (Å²) >= 11 is 0. The van der Waals surface area contributed by atoms with Crippen LogP contribution in [0.3, 0.4) is 0 Å². The van der Waals surface area contributed by atoms with Crippen LogP contribution in [0.5, 0.6) is 0 Å². The Morgan fingerprint density at radius 2 is 1.92 bits per heavy atom. The van der Waals surface area contributed by atoms with E-state index in [0.29, 0.717) is 25.6 Å². The van der Waals surface area contributed by atoms with Gasteiger partial charge in [-0.05, 0) is 51.6 Å². The quantitative estimate of drug-likeness (QED) is 0.800. The van der Waals surface area contributed by atoms with Crippen molar-refractivity contribution >= 4 is 10.0 Å². The summed E-state index contributed by atoms with van der Waals surface area (Å²) in [6, 6.07) is 5.37. The van der Waals surface area contributed by atoms with E-state index in [1.165, 1.54) is 28.6 Å². The molecule has 1 aliphatic heterocycles. The monoisotopic (exact) mass is 380 g/mol. The number of hydrogen-bond acceptors (Lipinski definition) is 4. The molecule has 0 N–H and O–H groups in total. The summed E-state index contributed by atoms with van der Waals surface area (Å²) in [5.41, 5.74) is 1.84. The third kappa shape index (κ3) is 3.82. The second-order valence-corrected chi connectivity index (χ2v) is 8.92. The molecule has 0 saturated heterocycles. The Kier molecular flexibility index (Phi) is 5.45. The lowest BCUT2D eigenvalue weighted by Crippen LogP contribution is -2.32. The molecule has 0 fully saturated rings. The van der Waals surface area contributed by atoms with Crippen molar-refractivity contribution in [2.24, 2.45) is 0 Å². The molecule has 1 aromatic carbocycles. The fourth-order valence-electron chi connectivity index (χ4n) is 3.00. The molecule has 6 nitrogen and oxygen atoms in total. The molecule has 0 unspecified atom stereocenters. The van der Waals surface area contributed by atoms with Gasteiger partial charge in [0.1, 0.15) is 5.82 Å². The zero-order valence-electron chi connectivity index (χ0n) is 15.4. The highest BCUT2D eigenvalue weighted by atomic mass is 32.2. The Morgan fingerprint density at radius 3 is 2.58 bits per heavy atom. The van der Waals surface area contributed by atoms with E-state index in [0.717, 1.165) is 17.9 Å². The lowest BCUT2D eigenvalue weighted by atomic mass is 10.2. The molecule has 3 rings (SSSR count). The van der Waals surface area contributed by atoms with Gasteiger partial charge in [-0.3, -0.25) is 4.90 Å². The van der Waals surface area contributed by atoms with Crippen LogP contribution in [0.4, 0.5) is 4.39 Å². The fraction of sp³-hybridized carbons (Fsp3) is 0.500. The van der Waals surface area contributed by atoms with Gasteiger partial charge in [-0.1, -0.05) is 0 Å². The average Bonchev–Trinajstić information content (AvgIpc) is 2.83. The molecule has 26 heavy (non-hydrogen) atoms. The van der Waals surface area contributed by atoms with Gasteiger partial charge in [0.2, 0.25) is 10.0 Å². The molecule has 0 spiro atoms. The first-order valence-electron chi connectivity index (χ1n) is 8.78. The minimum Gasteiger partial charge on any atom is -0.333 e. The van der Waals surface area contributed by atoms with E-state index in [4.69, 9.17) is 0 Å². The summed E-state index contributed by atoms with van der Waals surface area (Å²) in [5, 5.41) is 0. The summed E-state index contributed by atoms with van der Waals surface area (Å²) < 4.78 is 42.6. The first-order chi connectivity index (χ1) is 12.3. The number of halogens is 1. The minimum atomic E-state index is -3.67. The van der Waals surface area contributed by atoms with Gasteiger partial charge in [0.05, 0.1) is 29.2 Å². The van der Waals surface area contributed by atoms with Gasteiger partial charge in [0.25, 0.3) is 0 Å². The van der Waals surface area contributed by atoms with Crippen LogP contribution in [0.25, 0.3) is 0 Å². The zero-order chi connectivity index (χ0) is 18.9. The molecule has 1 aliphatic rings. The summed E-state index contributed by atoms with van der Waals surface area (Å²) in [6.45, 7) is 6.34. The van der Waals surface area contributed by atoms with E-state index in [1.807, 2.05) is 11.6 Å². The number of imidazole rings is 1. The molecule has 0 radical (unpaired) electrons. The van der Waals surface area contributed by atoms with E-state index in [-0.39, 0.29) is 11.4 Å². The average molecular weight is 380 g/mol. The van der Waals surface area contributed by atoms with Crippen molar-refractivity contribution in [3.8, 4) is 0 Å². The van der Waals surface area contributed by atoms with E-state index in [2.05, 4.69) is 23.7 Å². The maximum atomic E-state index is 13.2. The van der Waals surface area contributed by atoms with Crippen molar-refractivity contribution in [3.05, 3.63) is 47.8 Å². The van der Waals surface area contributed by atoms with Gasteiger partial charge in [0.15, 0.2) is 0 Å². The van der Waals surface area contributed by atoms with Crippen LogP contribution in [0.1, 0.15) is 31.7 Å². The molecule has 0 bridgehead atoms. The second-order valence-electron chi connectivity index (χ2n) is 6.99. The molecule has 2 heterocycles. The van der Waals surface area contributed by atoms with Crippen LogP contribution >= 0.6 is 0 Å². The van der Waals surface area contributed by atoms with Crippen molar-refractivity contribution in [2.45, 2.75) is 50.8 Å². The van der Waals surface area contributed by atoms with E-state index < -0.39 is 15.8 Å². The zero-order valence-corrected chi connectivity index (χ0v) is 16.2. The number of sulfonamides is 1. The highest BCUT2D eigenvalue weighted by Crippen LogP contribution is 2.24. The number of aromatic nitrogens is 2. The van der Waals surface area contributed by atoms with Crippen molar-refractivity contribution in [1.82, 2.24) is 18.8 Å². The summed E-state index contributed by atoms with van der Waals surface area (Å²) in [4.78, 5) is 6.80. The van der Waals surface area contributed by atoms with Crippen molar-refractivity contribution < 1.29 is 12.8 Å². The van der Waals surface area contributed by atoms with E-state index in [9.17, 15) is 12.8 Å². The minimum absolute atomic E-state index is 0.118. The Labute approximate surface area is 154 Å². The lowest BCUT2D eigenvalue weighted by molar-refractivity contribution is 0.261. The maximum absolute atomic E-state index is 13.2. The van der Waals surface area contributed by atoms with Gasteiger partial charge in [0, 0.05) is 25.7 Å². The van der Waals surface area contributed by atoms with Gasteiger partial charge in [-0.25, -0.2) is 17.8 Å². The van der Waals surface area contributed by atoms with Crippen LogP contribution < -0.4 is 0 Å². The molecule has 8 heteroatoms. The number of rotatable bonds is 5. The van der Waals surface area contributed by atoms with Crippen molar-refractivity contribution in [1.29, 1.82) is 0 Å². The normalized spacial score (nSPS) is 16.1. The van der Waals surface area contributed by atoms with Gasteiger partial charge >= 0.3 is 0 Å². The molecule has 142 valence electrons. The number of benzene rings is 1. The molecule has 0 aliphatic carbocycles. The number of nitrogens with zero attached hydrogens (tertiary/aromatic N) is 4. The number of aryl methyl sites for hydroxylation is 1. The third-order valence-corrected chi connectivity index (χ3v) is 6.76. The molecule has 0 atom stereocenters. The Morgan fingerprint density at radius 1 is 1.23 bits per heavy atom. The Bertz CT molecular complexity index is 862. The maximum Gasteiger partial charge on any atom is 0.243 e. The molecule has 1 aromatic heterocycles. The van der Waals surface area contributed by atoms with Crippen LogP contribution in [0.2, 0.25) is 0 Å². The van der Waals surface area contributed by atoms with Crippen LogP contribution in [-0.2, 0) is 29.7 Å². The summed E-state index contributed by atoms with van der Waals surface area (Å²) in [6.07, 6.45) is 2.51. The SMILES string of the molecule is CC(C)N(C)Cc1ncn2c1CN(S(=O)(=O)c1ccc(F)cc1)CCC2. The predicted octanol–water partition coefficient (Wildman–Crippen LogP) is 2.46. The lowest BCUT2D eigenvalue weighted by Gasteiger charge is -2.23. The topological polar surface area (TPSA) is 58.4 Å². The Balaban J connectivity index is 1.89. The summed E-state index contributed by atoms with van der Waals surface area (Å²) in [5.74, 6) is -0.447. The number of fused-ring (bicyclic) bond motifs is 1. The first kappa shape index (κ1) is 19.0. The van der Waals surface area contributed by atoms with Crippen LogP contribution in [-0.4, -0.2) is 46.8 Å². The molecule has 0 saturated carbocycles. The van der Waals surface area contributed by atoms with Gasteiger partial charge < -0.3 is 4.57 Å². The Hall–Kier alpha value is -1.77. The highest BCUT2D eigenvalue weighted by molar-refractivity contribution is 7.89. The van der Waals surface area contributed by atoms with Crippen LogP contribution in [0.15, 0.2) is 35.5 Å². The summed E-state index contributed by atoms with van der Waals surface area (Å²) in [7, 11) is -1.64. The third-order valence-electron chi connectivity index (χ3n) is 4.90. The smallest absolute Gasteiger partial charge is 0.243 e. The number of hydrogen-bond donors (Lipinski definition) is 0. The molecule has 0 amide bonds. The second kappa shape index (κ2) is 7.46. The van der Waals surface area contributed by atoms with Crippen LogP contribution in [0, 0.1) is 5.82 Å². The highest BCUT2D eigenvalue weighted by Gasteiger charge is 2.29. The standard InChI is InChI=1S/C18H25FN4O2S/c1-14(2)21(3)11-17-18-12-23(10-4-9-22(18)13-20-17)26(24,25)16-7-5-15(19)6-8-16/h5-8,13-14H,4,9-12H2,1-3H3. The fourth-order valence-corrected chi connectivity index (χ4v) is 4.44. The predicted molar refractivity (Wildman–Crippen MR) is 97.4 cm³/mol.